The van der Waals surface area contributed by atoms with E-state index in [1.165, 1.54) is 0 Å². The molecule has 2 amide bonds. The first-order valence-corrected chi connectivity index (χ1v) is 8.87. The molecule has 1 aliphatic heterocycles. The van der Waals surface area contributed by atoms with Gasteiger partial charge in [-0.05, 0) is 31.7 Å². The van der Waals surface area contributed by atoms with Crippen LogP contribution in [0.1, 0.15) is 36.2 Å². The van der Waals surface area contributed by atoms with Crippen LogP contribution >= 0.6 is 11.6 Å². The summed E-state index contributed by atoms with van der Waals surface area (Å²) in [6, 6.07) is 7.69. The van der Waals surface area contributed by atoms with E-state index in [-0.39, 0.29) is 17.9 Å². The molecule has 126 valence electrons. The van der Waals surface area contributed by atoms with E-state index < -0.39 is 0 Å². The molecule has 6 heteroatoms. The fraction of sp³-hybridized carbons (Fsp3) is 0.444. The van der Waals surface area contributed by atoms with Gasteiger partial charge in [-0.1, -0.05) is 29.8 Å². The molecule has 0 bridgehead atoms. The standard InChI is InChI=1S/C18H20ClN3O2/c19-15-13-3-1-2-4-14(13)21-16(15)17(23)20-12-7-9-22(10-8-12)18(24)11-5-6-11/h1-4,11-12,21H,5-10H2,(H,20,23). The monoisotopic (exact) mass is 345 g/mol. The molecule has 1 aromatic carbocycles. The number of aromatic amines is 1. The second kappa shape index (κ2) is 6.13. The van der Waals surface area contributed by atoms with Crippen molar-refractivity contribution < 1.29 is 9.59 Å². The largest absolute Gasteiger partial charge is 0.349 e. The number of likely N-dealkylation sites (tertiary alicyclic amines) is 1. The van der Waals surface area contributed by atoms with E-state index in [4.69, 9.17) is 11.6 Å². The molecule has 0 unspecified atom stereocenters. The Morgan fingerprint density at radius 2 is 1.83 bits per heavy atom. The van der Waals surface area contributed by atoms with Gasteiger partial charge in [0.15, 0.2) is 0 Å². The van der Waals surface area contributed by atoms with Crippen molar-refractivity contribution in [2.45, 2.75) is 31.7 Å². The Bertz CT molecular complexity index is 789. The number of nitrogens with one attached hydrogen (secondary N) is 2. The van der Waals surface area contributed by atoms with E-state index in [1.54, 1.807) is 0 Å². The van der Waals surface area contributed by atoms with Gasteiger partial charge in [-0.25, -0.2) is 0 Å². The SMILES string of the molecule is O=C(NC1CCN(C(=O)C2CC2)CC1)c1[nH]c2ccccc2c1Cl. The van der Waals surface area contributed by atoms with Crippen molar-refractivity contribution in [1.82, 2.24) is 15.2 Å². The van der Waals surface area contributed by atoms with Crippen molar-refractivity contribution in [2.24, 2.45) is 5.92 Å². The fourth-order valence-corrected chi connectivity index (χ4v) is 3.65. The molecule has 2 aromatic rings. The van der Waals surface area contributed by atoms with Crippen molar-refractivity contribution in [3.05, 3.63) is 35.0 Å². The van der Waals surface area contributed by atoms with Gasteiger partial charge in [0.1, 0.15) is 5.69 Å². The maximum atomic E-state index is 12.5. The lowest BCUT2D eigenvalue weighted by Crippen LogP contribution is -2.47. The number of piperidine rings is 1. The van der Waals surface area contributed by atoms with E-state index in [1.807, 2.05) is 29.2 Å². The molecule has 2 heterocycles. The van der Waals surface area contributed by atoms with Crippen LogP contribution in [0.25, 0.3) is 10.9 Å². The lowest BCUT2D eigenvalue weighted by atomic mass is 10.0. The number of carbonyl (C=O) groups excluding carboxylic acids is 2. The molecule has 1 aliphatic carbocycles. The number of halogens is 1. The predicted octanol–water partition coefficient (Wildman–Crippen LogP) is 2.95. The Hall–Kier alpha value is -2.01. The van der Waals surface area contributed by atoms with Crippen LogP contribution in [0.2, 0.25) is 5.02 Å². The van der Waals surface area contributed by atoms with Crippen LogP contribution in [0, 0.1) is 5.92 Å². The molecule has 2 N–H and O–H groups in total. The zero-order chi connectivity index (χ0) is 16.7. The highest BCUT2D eigenvalue weighted by Crippen LogP contribution is 2.32. The summed E-state index contributed by atoms with van der Waals surface area (Å²) in [5, 5.41) is 4.37. The van der Waals surface area contributed by atoms with Crippen LogP contribution in [0.4, 0.5) is 0 Å². The highest BCUT2D eigenvalue weighted by Gasteiger charge is 2.35. The summed E-state index contributed by atoms with van der Waals surface area (Å²) in [5.74, 6) is 0.378. The van der Waals surface area contributed by atoms with E-state index in [0.717, 1.165) is 49.7 Å². The quantitative estimate of drug-likeness (QED) is 0.898. The number of benzene rings is 1. The Labute approximate surface area is 145 Å². The van der Waals surface area contributed by atoms with Crippen LogP contribution in [-0.4, -0.2) is 40.8 Å². The minimum absolute atomic E-state index is 0.0863. The second-order valence-electron chi connectivity index (χ2n) is 6.71. The second-order valence-corrected chi connectivity index (χ2v) is 7.08. The van der Waals surface area contributed by atoms with Gasteiger partial charge < -0.3 is 15.2 Å². The molecule has 0 radical (unpaired) electrons. The summed E-state index contributed by atoms with van der Waals surface area (Å²) in [6.45, 7) is 1.45. The van der Waals surface area contributed by atoms with Crippen LogP contribution in [-0.2, 0) is 4.79 Å². The molecule has 5 nitrogen and oxygen atoms in total. The smallest absolute Gasteiger partial charge is 0.269 e. The van der Waals surface area contributed by atoms with Gasteiger partial charge in [-0.2, -0.15) is 0 Å². The fourth-order valence-electron chi connectivity index (χ4n) is 3.35. The lowest BCUT2D eigenvalue weighted by molar-refractivity contribution is -0.133. The molecular weight excluding hydrogens is 326 g/mol. The molecule has 2 fully saturated rings. The summed E-state index contributed by atoms with van der Waals surface area (Å²) in [7, 11) is 0. The van der Waals surface area contributed by atoms with Crippen LogP contribution < -0.4 is 5.32 Å². The average Bonchev–Trinajstić information content (AvgIpc) is 3.39. The summed E-state index contributed by atoms with van der Waals surface area (Å²) >= 11 is 6.33. The maximum Gasteiger partial charge on any atom is 0.269 e. The number of aromatic nitrogens is 1. The van der Waals surface area contributed by atoms with Gasteiger partial charge in [0.2, 0.25) is 5.91 Å². The zero-order valence-corrected chi connectivity index (χ0v) is 14.1. The Balaban J connectivity index is 1.39. The van der Waals surface area contributed by atoms with Crippen molar-refractivity contribution in [3.8, 4) is 0 Å². The number of rotatable bonds is 3. The lowest BCUT2D eigenvalue weighted by Gasteiger charge is -2.32. The first kappa shape index (κ1) is 15.5. The van der Waals surface area contributed by atoms with Gasteiger partial charge in [0, 0.05) is 36.0 Å². The molecule has 0 spiro atoms. The normalized spacial score (nSPS) is 18.8. The summed E-state index contributed by atoms with van der Waals surface area (Å²) < 4.78 is 0. The van der Waals surface area contributed by atoms with Crippen LogP contribution in [0.15, 0.2) is 24.3 Å². The average molecular weight is 346 g/mol. The van der Waals surface area contributed by atoms with Crippen molar-refractivity contribution in [1.29, 1.82) is 0 Å². The van der Waals surface area contributed by atoms with Gasteiger partial charge in [-0.3, -0.25) is 9.59 Å². The third-order valence-electron chi connectivity index (χ3n) is 4.94. The van der Waals surface area contributed by atoms with Gasteiger partial charge in [0.05, 0.1) is 5.02 Å². The number of hydrogen-bond donors (Lipinski definition) is 2. The third-order valence-corrected chi connectivity index (χ3v) is 5.33. The van der Waals surface area contributed by atoms with Crippen molar-refractivity contribution in [3.63, 3.8) is 0 Å². The Morgan fingerprint density at radius 1 is 1.12 bits per heavy atom. The first-order chi connectivity index (χ1) is 11.6. The molecule has 2 aliphatic rings. The molecule has 1 aromatic heterocycles. The number of para-hydroxylation sites is 1. The molecule has 0 atom stereocenters. The third kappa shape index (κ3) is 2.88. The number of carbonyl (C=O) groups is 2. The van der Waals surface area contributed by atoms with E-state index in [9.17, 15) is 9.59 Å². The minimum atomic E-state index is -0.178. The summed E-state index contributed by atoms with van der Waals surface area (Å²) in [4.78, 5) is 29.6. The number of nitrogens with zero attached hydrogens (tertiary/aromatic N) is 1. The van der Waals surface area contributed by atoms with E-state index in [0.29, 0.717) is 16.6 Å². The van der Waals surface area contributed by atoms with E-state index >= 15 is 0 Å². The highest BCUT2D eigenvalue weighted by molar-refractivity contribution is 6.38. The van der Waals surface area contributed by atoms with Crippen molar-refractivity contribution in [2.75, 3.05) is 13.1 Å². The Kier molecular flexibility index (Phi) is 3.96. The predicted molar refractivity (Wildman–Crippen MR) is 93.1 cm³/mol. The van der Waals surface area contributed by atoms with Gasteiger partial charge >= 0.3 is 0 Å². The van der Waals surface area contributed by atoms with Crippen LogP contribution in [0.5, 0.6) is 0 Å². The molecular formula is C18H20ClN3O2. The van der Waals surface area contributed by atoms with Gasteiger partial charge in [-0.15, -0.1) is 0 Å². The summed E-state index contributed by atoms with van der Waals surface area (Å²) in [5.41, 5.74) is 1.27. The maximum absolute atomic E-state index is 12.5. The van der Waals surface area contributed by atoms with E-state index in [2.05, 4.69) is 10.3 Å². The molecule has 24 heavy (non-hydrogen) atoms. The highest BCUT2D eigenvalue weighted by atomic mass is 35.5. The molecule has 1 saturated carbocycles. The van der Waals surface area contributed by atoms with Crippen LogP contribution in [0.3, 0.4) is 0 Å². The number of amides is 2. The number of fused-ring (bicyclic) bond motifs is 1. The van der Waals surface area contributed by atoms with Gasteiger partial charge in [0.25, 0.3) is 5.91 Å². The Morgan fingerprint density at radius 3 is 2.50 bits per heavy atom. The molecule has 4 rings (SSSR count). The molecule has 1 saturated heterocycles. The zero-order valence-electron chi connectivity index (χ0n) is 13.3. The first-order valence-electron chi connectivity index (χ1n) is 8.49. The summed E-state index contributed by atoms with van der Waals surface area (Å²) in [6.07, 6.45) is 3.66. The number of hydrogen-bond acceptors (Lipinski definition) is 2. The topological polar surface area (TPSA) is 65.2 Å². The number of H-pyrrole nitrogens is 1. The minimum Gasteiger partial charge on any atom is -0.349 e. The van der Waals surface area contributed by atoms with Crippen molar-refractivity contribution >= 4 is 34.3 Å².